The second-order valence-corrected chi connectivity index (χ2v) is 16.5. The number of hydrogen-bond acceptors (Lipinski definition) is 10. The van der Waals surface area contributed by atoms with Crippen LogP contribution in [0.1, 0.15) is 113 Å². The van der Waals surface area contributed by atoms with Gasteiger partial charge < -0.3 is 48.8 Å². The SMILES string of the molecule is CC[C@H](C(=O)O)[C@H](OC)[C@@H](C)[C@H]1OC2(CC[C@@](C)(C3CC[C@@](CC)([C@@H]4O[C@@H]([C@H]5O[C@@](O)(CO)[C@H](C)C[C@@H]5C)C[C@@H]4C)O3)O2)C[C@H](O)[C@H]1C. The average Bonchev–Trinajstić information content (AvgIpc) is 3.75. The van der Waals surface area contributed by atoms with Crippen LogP contribution < -0.4 is 0 Å². The second kappa shape index (κ2) is 14.3. The fourth-order valence-corrected chi connectivity index (χ4v) is 10.2. The molecule has 0 bridgehead atoms. The standard InChI is InChI=1S/C37H64O11/c1-10-25(33(40)41)31(43-9)24(7)30-23(6)26(39)18-36(46-30)15-14-34(8,48-36)28-12-13-35(11-2,45-28)32-21(4)17-27(44-32)29-20(3)16-22(5)37(42,19-38)47-29/h20-32,38-39,42H,10-19H2,1-9H3,(H,40,41)/t20-,21-,22+,23+,24-,25-,26-,27+,28?,29-,30-,31+,32+,34-,35-,36?,37-/m0/s1. The second-order valence-electron chi connectivity index (χ2n) is 16.5. The molecule has 5 rings (SSSR count). The van der Waals surface area contributed by atoms with Crippen LogP contribution in [0.15, 0.2) is 0 Å². The van der Waals surface area contributed by atoms with Crippen molar-refractivity contribution < 1.29 is 53.6 Å². The molecule has 278 valence electrons. The number of carboxylic acids is 1. The maximum atomic E-state index is 12.1. The van der Waals surface area contributed by atoms with E-state index in [0.717, 1.165) is 32.1 Å². The molecule has 0 aliphatic carbocycles. The molecular weight excluding hydrogens is 620 g/mol. The Hall–Kier alpha value is -0.890. The van der Waals surface area contributed by atoms with Gasteiger partial charge in [0.1, 0.15) is 0 Å². The molecule has 0 aromatic rings. The van der Waals surface area contributed by atoms with Gasteiger partial charge in [-0.1, -0.05) is 48.5 Å². The average molecular weight is 685 g/mol. The fraction of sp³-hybridized carbons (Fsp3) is 0.973. The molecule has 11 heteroatoms. The number of aliphatic carboxylic acids is 1. The molecular formula is C37H64O11. The number of ether oxygens (including phenoxy) is 6. The largest absolute Gasteiger partial charge is 0.481 e. The van der Waals surface area contributed by atoms with E-state index in [0.29, 0.717) is 25.7 Å². The molecule has 5 saturated heterocycles. The summed E-state index contributed by atoms with van der Waals surface area (Å²) in [6.07, 6.45) is 3.44. The van der Waals surface area contributed by atoms with E-state index >= 15 is 0 Å². The van der Waals surface area contributed by atoms with Crippen LogP contribution in [0.3, 0.4) is 0 Å². The lowest BCUT2D eigenvalue weighted by atomic mass is 9.77. The monoisotopic (exact) mass is 684 g/mol. The Morgan fingerprint density at radius 1 is 1.02 bits per heavy atom. The molecule has 0 aromatic carbocycles. The van der Waals surface area contributed by atoms with E-state index in [-0.39, 0.29) is 54.0 Å². The Morgan fingerprint density at radius 2 is 1.73 bits per heavy atom. The van der Waals surface area contributed by atoms with Gasteiger partial charge in [-0.25, -0.2) is 0 Å². The van der Waals surface area contributed by atoms with Crippen molar-refractivity contribution in [1.29, 1.82) is 0 Å². The highest BCUT2D eigenvalue weighted by Crippen LogP contribution is 2.55. The van der Waals surface area contributed by atoms with Crippen LogP contribution in [-0.2, 0) is 33.2 Å². The number of rotatable bonds is 11. The Kier molecular flexibility index (Phi) is 11.4. The molecule has 1 spiro atoms. The number of carboxylic acid groups (broad SMARTS) is 1. The number of methoxy groups -OCH3 is 1. The predicted molar refractivity (Wildman–Crippen MR) is 177 cm³/mol. The van der Waals surface area contributed by atoms with Crippen LogP contribution in [-0.4, -0.2) is 106 Å². The van der Waals surface area contributed by atoms with Gasteiger partial charge in [0, 0.05) is 37.7 Å². The van der Waals surface area contributed by atoms with Gasteiger partial charge in [-0.05, 0) is 63.7 Å². The smallest absolute Gasteiger partial charge is 0.309 e. The number of aliphatic hydroxyl groups excluding tert-OH is 2. The van der Waals surface area contributed by atoms with E-state index in [1.54, 1.807) is 7.11 Å². The van der Waals surface area contributed by atoms with E-state index < -0.39 is 59.6 Å². The highest BCUT2D eigenvalue weighted by atomic mass is 16.7. The first kappa shape index (κ1) is 38.3. The molecule has 0 saturated carbocycles. The minimum atomic E-state index is -1.56. The zero-order valence-electron chi connectivity index (χ0n) is 30.7. The lowest BCUT2D eigenvalue weighted by Crippen LogP contribution is -2.57. The van der Waals surface area contributed by atoms with Gasteiger partial charge in [-0.3, -0.25) is 4.79 Å². The van der Waals surface area contributed by atoms with Gasteiger partial charge in [0.25, 0.3) is 0 Å². The maximum absolute atomic E-state index is 12.1. The lowest BCUT2D eigenvalue weighted by Gasteiger charge is -2.49. The summed E-state index contributed by atoms with van der Waals surface area (Å²) in [7, 11) is 1.54. The quantitative estimate of drug-likeness (QED) is 0.240. The summed E-state index contributed by atoms with van der Waals surface area (Å²) in [5, 5.41) is 42.1. The minimum absolute atomic E-state index is 0.153. The van der Waals surface area contributed by atoms with Crippen molar-refractivity contribution in [3.05, 3.63) is 0 Å². The van der Waals surface area contributed by atoms with Crippen LogP contribution >= 0.6 is 0 Å². The van der Waals surface area contributed by atoms with Crippen molar-refractivity contribution in [3.63, 3.8) is 0 Å². The van der Waals surface area contributed by atoms with E-state index in [1.165, 1.54) is 0 Å². The van der Waals surface area contributed by atoms with Gasteiger partial charge in [0.15, 0.2) is 11.6 Å². The molecule has 5 fully saturated rings. The Morgan fingerprint density at radius 3 is 2.33 bits per heavy atom. The number of aliphatic hydroxyl groups is 3. The van der Waals surface area contributed by atoms with Gasteiger partial charge >= 0.3 is 5.97 Å². The van der Waals surface area contributed by atoms with Crippen LogP contribution in [0.5, 0.6) is 0 Å². The molecule has 5 heterocycles. The van der Waals surface area contributed by atoms with Gasteiger partial charge in [0.05, 0.1) is 66.5 Å². The molecule has 17 atom stereocenters. The predicted octanol–water partition coefficient (Wildman–Crippen LogP) is 4.66. The number of carbonyl (C=O) groups is 1. The van der Waals surface area contributed by atoms with Gasteiger partial charge in [0.2, 0.25) is 0 Å². The van der Waals surface area contributed by atoms with Crippen molar-refractivity contribution in [1.82, 2.24) is 0 Å². The molecule has 0 amide bonds. The highest BCUT2D eigenvalue weighted by Gasteiger charge is 2.62. The highest BCUT2D eigenvalue weighted by molar-refractivity contribution is 5.70. The summed E-state index contributed by atoms with van der Waals surface area (Å²) in [4.78, 5) is 12.1. The summed E-state index contributed by atoms with van der Waals surface area (Å²) in [5.41, 5.74) is -1.15. The first-order chi connectivity index (χ1) is 22.5. The van der Waals surface area contributed by atoms with Crippen molar-refractivity contribution in [3.8, 4) is 0 Å². The molecule has 4 N–H and O–H groups in total. The summed E-state index contributed by atoms with van der Waals surface area (Å²) in [6.45, 7) is 15.8. The normalized spacial score (nSPS) is 50.1. The third-order valence-electron chi connectivity index (χ3n) is 13.3. The summed E-state index contributed by atoms with van der Waals surface area (Å²) < 4.78 is 39.6. The van der Waals surface area contributed by atoms with E-state index in [9.17, 15) is 25.2 Å². The van der Waals surface area contributed by atoms with Crippen molar-refractivity contribution >= 4 is 5.97 Å². The van der Waals surface area contributed by atoms with E-state index in [4.69, 9.17) is 28.4 Å². The molecule has 0 aromatic heterocycles. The first-order valence-corrected chi connectivity index (χ1v) is 18.7. The maximum Gasteiger partial charge on any atom is 0.309 e. The number of hydrogen-bond donors (Lipinski definition) is 4. The van der Waals surface area contributed by atoms with Crippen LogP contribution in [0.2, 0.25) is 0 Å². The van der Waals surface area contributed by atoms with Crippen molar-refractivity contribution in [2.75, 3.05) is 13.7 Å². The third-order valence-corrected chi connectivity index (χ3v) is 13.3. The topological polar surface area (TPSA) is 153 Å². The molecule has 11 nitrogen and oxygen atoms in total. The zero-order chi connectivity index (χ0) is 35.4. The van der Waals surface area contributed by atoms with E-state index in [2.05, 4.69) is 27.7 Å². The summed E-state index contributed by atoms with van der Waals surface area (Å²) in [5.74, 6) is -4.44. The Bertz CT molecular complexity index is 1120. The molecule has 5 aliphatic rings. The Labute approximate surface area is 287 Å². The Balaban J connectivity index is 1.29. The third kappa shape index (κ3) is 6.74. The van der Waals surface area contributed by atoms with Gasteiger partial charge in [-0.15, -0.1) is 0 Å². The minimum Gasteiger partial charge on any atom is -0.481 e. The molecule has 2 unspecified atom stereocenters. The summed E-state index contributed by atoms with van der Waals surface area (Å²) in [6, 6.07) is 0. The van der Waals surface area contributed by atoms with Crippen LogP contribution in [0.4, 0.5) is 0 Å². The molecule has 0 radical (unpaired) electrons. The van der Waals surface area contributed by atoms with Crippen molar-refractivity contribution in [2.45, 2.75) is 179 Å². The van der Waals surface area contributed by atoms with Gasteiger partial charge in [-0.2, -0.15) is 0 Å². The molecule has 48 heavy (non-hydrogen) atoms. The van der Waals surface area contributed by atoms with Crippen LogP contribution in [0, 0.1) is 35.5 Å². The first-order valence-electron chi connectivity index (χ1n) is 18.7. The summed E-state index contributed by atoms with van der Waals surface area (Å²) >= 11 is 0. The van der Waals surface area contributed by atoms with Crippen LogP contribution in [0.25, 0.3) is 0 Å². The fourth-order valence-electron chi connectivity index (χ4n) is 10.2. The lowest BCUT2D eigenvalue weighted by molar-refractivity contribution is -0.336. The zero-order valence-corrected chi connectivity index (χ0v) is 30.7. The molecule has 5 aliphatic heterocycles. The van der Waals surface area contributed by atoms with Crippen molar-refractivity contribution in [2.24, 2.45) is 35.5 Å². The van der Waals surface area contributed by atoms with E-state index in [1.807, 2.05) is 27.7 Å².